The summed E-state index contributed by atoms with van der Waals surface area (Å²) in [7, 11) is 0. The van der Waals surface area contributed by atoms with Crippen LogP contribution in [0.1, 0.15) is 129 Å². The number of hydrogen-bond donors (Lipinski definition) is 0. The Kier molecular flexibility index (Phi) is 8.38. The van der Waals surface area contributed by atoms with Gasteiger partial charge in [-0.3, -0.25) is 0 Å². The Morgan fingerprint density at radius 1 is 0.929 bits per heavy atom. The first kappa shape index (κ1) is 26.0. The molecule has 0 heterocycles. The molecule has 1 aliphatic carbocycles. The zero-order valence-electron chi connectivity index (χ0n) is 22.1. The Morgan fingerprint density at radius 2 is 1.46 bits per heavy atom. The average molecular weight is 393 g/mol. The van der Waals surface area contributed by atoms with Gasteiger partial charge in [0, 0.05) is 0 Å². The molecule has 28 heavy (non-hydrogen) atoms. The summed E-state index contributed by atoms with van der Waals surface area (Å²) in [5.74, 6) is 4.12. The van der Waals surface area contributed by atoms with Crippen molar-refractivity contribution in [3.05, 3.63) is 0 Å². The minimum Gasteiger partial charge on any atom is -0.0651 e. The molecule has 0 saturated heterocycles. The molecule has 0 radical (unpaired) electrons. The van der Waals surface area contributed by atoms with Crippen LogP contribution in [0.2, 0.25) is 0 Å². The molecule has 0 amide bonds. The Hall–Kier alpha value is 0. The number of hydrogen-bond acceptors (Lipinski definition) is 0. The van der Waals surface area contributed by atoms with Gasteiger partial charge in [0.1, 0.15) is 0 Å². The molecule has 1 rings (SSSR count). The summed E-state index contributed by atoms with van der Waals surface area (Å²) in [6.07, 6.45) is 8.24. The molecule has 0 bridgehead atoms. The fourth-order valence-electron chi connectivity index (χ4n) is 6.30. The van der Waals surface area contributed by atoms with E-state index in [1.807, 2.05) is 0 Å². The predicted octanol–water partition coefficient (Wildman–Crippen LogP) is 9.63. The van der Waals surface area contributed by atoms with Gasteiger partial charge in [-0.15, -0.1) is 0 Å². The van der Waals surface area contributed by atoms with Crippen LogP contribution >= 0.6 is 0 Å². The Morgan fingerprint density at radius 3 is 1.89 bits per heavy atom. The lowest BCUT2D eigenvalue weighted by Gasteiger charge is -2.56. The van der Waals surface area contributed by atoms with Gasteiger partial charge in [-0.05, 0) is 76.9 Å². The second kappa shape index (κ2) is 9.01. The Labute approximate surface area is 180 Å². The van der Waals surface area contributed by atoms with Crippen LogP contribution < -0.4 is 0 Å². The van der Waals surface area contributed by atoms with Crippen molar-refractivity contribution in [3.8, 4) is 0 Å². The van der Waals surface area contributed by atoms with Crippen molar-refractivity contribution in [1.29, 1.82) is 0 Å². The van der Waals surface area contributed by atoms with Crippen molar-refractivity contribution < 1.29 is 0 Å². The van der Waals surface area contributed by atoms with E-state index in [0.717, 1.165) is 29.6 Å². The van der Waals surface area contributed by atoms with Crippen molar-refractivity contribution in [3.63, 3.8) is 0 Å². The zero-order chi connectivity index (χ0) is 22.1. The summed E-state index contributed by atoms with van der Waals surface area (Å²) in [4.78, 5) is 0. The molecule has 0 aromatic rings. The van der Waals surface area contributed by atoms with Crippen LogP contribution in [0.5, 0.6) is 0 Å². The quantitative estimate of drug-likeness (QED) is 0.366. The van der Waals surface area contributed by atoms with Gasteiger partial charge in [0.2, 0.25) is 0 Å². The van der Waals surface area contributed by atoms with Crippen LogP contribution in [-0.2, 0) is 0 Å². The molecule has 168 valence electrons. The first-order valence-corrected chi connectivity index (χ1v) is 12.6. The molecular formula is C28H56. The summed E-state index contributed by atoms with van der Waals surface area (Å²) in [5, 5.41) is 0. The van der Waals surface area contributed by atoms with Gasteiger partial charge in [0.15, 0.2) is 0 Å². The Bertz CT molecular complexity index is 480. The van der Waals surface area contributed by atoms with E-state index in [1.54, 1.807) is 0 Å². The van der Waals surface area contributed by atoms with Crippen LogP contribution in [0.25, 0.3) is 0 Å². The van der Waals surface area contributed by atoms with E-state index in [4.69, 9.17) is 0 Å². The molecular weight excluding hydrogens is 336 g/mol. The van der Waals surface area contributed by atoms with Crippen molar-refractivity contribution in [2.75, 3.05) is 0 Å². The molecule has 0 aromatic heterocycles. The first-order valence-electron chi connectivity index (χ1n) is 12.6. The first-order chi connectivity index (χ1) is 12.6. The van der Waals surface area contributed by atoms with Gasteiger partial charge in [-0.25, -0.2) is 0 Å². The summed E-state index contributed by atoms with van der Waals surface area (Å²) in [6, 6.07) is 0. The molecule has 0 nitrogen and oxygen atoms in total. The maximum atomic E-state index is 2.68. The largest absolute Gasteiger partial charge is 0.0651 e. The van der Waals surface area contributed by atoms with Crippen LogP contribution in [0.3, 0.4) is 0 Å². The van der Waals surface area contributed by atoms with Gasteiger partial charge in [0.25, 0.3) is 0 Å². The summed E-state index contributed by atoms with van der Waals surface area (Å²) < 4.78 is 0. The Balaban J connectivity index is 3.19. The molecule has 0 N–H and O–H groups in total. The van der Waals surface area contributed by atoms with Crippen molar-refractivity contribution in [2.45, 2.75) is 129 Å². The summed E-state index contributed by atoms with van der Waals surface area (Å²) in [6.45, 7) is 32.6. The SMILES string of the molecule is CCC1C(C)C(C)(C)CCC1C(C)(CCC(C)(C)C(C)(C)C(C)C)C(C)CC. The van der Waals surface area contributed by atoms with Crippen LogP contribution in [0.4, 0.5) is 0 Å². The molecule has 1 saturated carbocycles. The maximum absolute atomic E-state index is 2.68. The molecule has 0 aliphatic heterocycles. The maximum Gasteiger partial charge on any atom is -0.0269 e. The molecule has 1 fully saturated rings. The summed E-state index contributed by atoms with van der Waals surface area (Å²) in [5.41, 5.74) is 1.71. The monoisotopic (exact) mass is 392 g/mol. The molecule has 0 spiro atoms. The molecule has 0 heteroatoms. The van der Waals surface area contributed by atoms with Crippen LogP contribution in [-0.4, -0.2) is 0 Å². The average Bonchev–Trinajstić information content (AvgIpc) is 2.60. The fourth-order valence-corrected chi connectivity index (χ4v) is 6.30. The van der Waals surface area contributed by atoms with Crippen LogP contribution in [0.15, 0.2) is 0 Å². The van der Waals surface area contributed by atoms with E-state index in [-0.39, 0.29) is 0 Å². The highest BCUT2D eigenvalue weighted by Gasteiger charge is 2.50. The standard InChI is InChI=1S/C28H56/c1-14-21(5)28(13,19-18-26(9,10)27(11,12)20(3)4)24-16-17-25(7,8)22(6)23(24)15-2/h20-24H,14-19H2,1-13H3. The van der Waals surface area contributed by atoms with Gasteiger partial charge in [0.05, 0.1) is 0 Å². The van der Waals surface area contributed by atoms with Crippen molar-refractivity contribution in [1.82, 2.24) is 0 Å². The minimum absolute atomic E-state index is 0.370. The van der Waals surface area contributed by atoms with Crippen molar-refractivity contribution in [2.24, 2.45) is 51.2 Å². The zero-order valence-corrected chi connectivity index (χ0v) is 22.1. The molecule has 5 atom stereocenters. The lowest BCUT2D eigenvalue weighted by atomic mass is 9.49. The fraction of sp³-hybridized carbons (Fsp3) is 1.00. The van der Waals surface area contributed by atoms with E-state index in [9.17, 15) is 0 Å². The van der Waals surface area contributed by atoms with E-state index in [1.165, 1.54) is 38.5 Å². The predicted molar refractivity (Wildman–Crippen MR) is 129 cm³/mol. The second-order valence-corrected chi connectivity index (χ2v) is 13.1. The van der Waals surface area contributed by atoms with E-state index >= 15 is 0 Å². The van der Waals surface area contributed by atoms with E-state index in [2.05, 4.69) is 90.0 Å². The highest BCUT2D eigenvalue weighted by Crippen LogP contribution is 2.58. The smallest absolute Gasteiger partial charge is 0.0269 e. The van der Waals surface area contributed by atoms with Crippen LogP contribution in [0, 0.1) is 51.2 Å². The van der Waals surface area contributed by atoms with Gasteiger partial charge in [-0.2, -0.15) is 0 Å². The van der Waals surface area contributed by atoms with Gasteiger partial charge in [-0.1, -0.05) is 103 Å². The molecule has 5 unspecified atom stereocenters. The molecule has 1 aliphatic rings. The topological polar surface area (TPSA) is 0 Å². The lowest BCUT2D eigenvalue weighted by Crippen LogP contribution is -2.48. The highest BCUT2D eigenvalue weighted by atomic mass is 14.5. The normalized spacial score (nSPS) is 29.6. The van der Waals surface area contributed by atoms with Gasteiger partial charge < -0.3 is 0 Å². The van der Waals surface area contributed by atoms with E-state index < -0.39 is 0 Å². The summed E-state index contributed by atoms with van der Waals surface area (Å²) >= 11 is 0. The van der Waals surface area contributed by atoms with Gasteiger partial charge >= 0.3 is 0 Å². The second-order valence-electron chi connectivity index (χ2n) is 13.1. The number of rotatable bonds is 9. The minimum atomic E-state index is 0.370. The van der Waals surface area contributed by atoms with Crippen molar-refractivity contribution >= 4 is 0 Å². The third-order valence-electron chi connectivity index (χ3n) is 11.0. The molecule has 0 aromatic carbocycles. The third-order valence-corrected chi connectivity index (χ3v) is 11.0. The van der Waals surface area contributed by atoms with E-state index in [0.29, 0.717) is 21.7 Å². The highest BCUT2D eigenvalue weighted by molar-refractivity contribution is 4.99. The third kappa shape index (κ3) is 4.83. The lowest BCUT2D eigenvalue weighted by molar-refractivity contribution is -0.0640.